The number of nitrogens with one attached hydrogen (secondary N) is 1. The fraction of sp³-hybridized carbons (Fsp3) is 0.353. The summed E-state index contributed by atoms with van der Waals surface area (Å²) in [6.07, 6.45) is 5.18. The van der Waals surface area contributed by atoms with Crippen LogP contribution in [0.1, 0.15) is 35.3 Å². The number of aromatic nitrogens is 2. The van der Waals surface area contributed by atoms with E-state index >= 15 is 0 Å². The number of amides is 1. The minimum absolute atomic E-state index is 0.0872. The smallest absolute Gasteiger partial charge is 0.256 e. The SMILES string of the molecule is O=C(NCc1ccnc(N2CCCCC2)n1)c1c(F)cccc1Cl. The molecule has 0 radical (unpaired) electrons. The van der Waals surface area contributed by atoms with Gasteiger partial charge in [0.05, 0.1) is 22.8 Å². The number of nitrogens with zero attached hydrogens (tertiary/aromatic N) is 3. The molecule has 7 heteroatoms. The zero-order valence-electron chi connectivity index (χ0n) is 13.1. The molecule has 0 saturated carbocycles. The zero-order chi connectivity index (χ0) is 16.9. The van der Waals surface area contributed by atoms with Crippen LogP contribution in [-0.4, -0.2) is 29.0 Å². The molecule has 0 spiro atoms. The molecule has 126 valence electrons. The van der Waals surface area contributed by atoms with E-state index < -0.39 is 11.7 Å². The van der Waals surface area contributed by atoms with E-state index in [0.29, 0.717) is 11.6 Å². The normalized spacial score (nSPS) is 14.5. The van der Waals surface area contributed by atoms with E-state index in [4.69, 9.17) is 11.6 Å². The lowest BCUT2D eigenvalue weighted by atomic mass is 10.1. The largest absolute Gasteiger partial charge is 0.346 e. The third kappa shape index (κ3) is 3.82. The fourth-order valence-corrected chi connectivity index (χ4v) is 2.95. The molecule has 24 heavy (non-hydrogen) atoms. The second-order valence-corrected chi connectivity index (χ2v) is 6.08. The Balaban J connectivity index is 1.67. The molecule has 1 aromatic carbocycles. The van der Waals surface area contributed by atoms with Crippen molar-refractivity contribution in [2.24, 2.45) is 0 Å². The van der Waals surface area contributed by atoms with Crippen LogP contribution in [0.3, 0.4) is 0 Å². The van der Waals surface area contributed by atoms with Gasteiger partial charge in [-0.05, 0) is 37.5 Å². The maximum absolute atomic E-state index is 13.8. The van der Waals surface area contributed by atoms with Crippen LogP contribution in [0.25, 0.3) is 0 Å². The number of carbonyl (C=O) groups excluding carboxylic acids is 1. The molecule has 2 heterocycles. The van der Waals surface area contributed by atoms with Crippen molar-refractivity contribution >= 4 is 23.5 Å². The van der Waals surface area contributed by atoms with Crippen molar-refractivity contribution in [3.05, 3.63) is 52.6 Å². The molecule has 0 atom stereocenters. The molecule has 3 rings (SSSR count). The highest BCUT2D eigenvalue weighted by Crippen LogP contribution is 2.19. The van der Waals surface area contributed by atoms with Crippen LogP contribution in [-0.2, 0) is 6.54 Å². The van der Waals surface area contributed by atoms with Gasteiger partial charge in [-0.25, -0.2) is 14.4 Å². The van der Waals surface area contributed by atoms with Crippen LogP contribution in [0.4, 0.5) is 10.3 Å². The Bertz CT molecular complexity index is 714. The average Bonchev–Trinajstić information content (AvgIpc) is 2.61. The van der Waals surface area contributed by atoms with Crippen molar-refractivity contribution in [3.8, 4) is 0 Å². The minimum atomic E-state index is -0.642. The Morgan fingerprint density at radius 3 is 2.79 bits per heavy atom. The highest BCUT2D eigenvalue weighted by atomic mass is 35.5. The summed E-state index contributed by atoms with van der Waals surface area (Å²) >= 11 is 5.90. The van der Waals surface area contributed by atoms with E-state index in [0.717, 1.165) is 25.9 Å². The lowest BCUT2D eigenvalue weighted by Crippen LogP contribution is -2.31. The number of hydrogen-bond donors (Lipinski definition) is 1. The Morgan fingerprint density at radius 1 is 1.25 bits per heavy atom. The first-order chi connectivity index (χ1) is 11.6. The van der Waals surface area contributed by atoms with Gasteiger partial charge in [-0.3, -0.25) is 4.79 Å². The Labute approximate surface area is 144 Å². The molecular formula is C17H18ClFN4O. The number of piperidine rings is 1. The first-order valence-electron chi connectivity index (χ1n) is 7.94. The maximum Gasteiger partial charge on any atom is 0.256 e. The molecular weight excluding hydrogens is 331 g/mol. The second-order valence-electron chi connectivity index (χ2n) is 5.68. The summed E-state index contributed by atoms with van der Waals surface area (Å²) in [6.45, 7) is 2.08. The van der Waals surface area contributed by atoms with Gasteiger partial charge in [0.1, 0.15) is 5.82 Å². The van der Waals surface area contributed by atoms with Crippen LogP contribution in [0.2, 0.25) is 5.02 Å². The van der Waals surface area contributed by atoms with Crippen molar-refractivity contribution < 1.29 is 9.18 Å². The van der Waals surface area contributed by atoms with Gasteiger partial charge in [0.2, 0.25) is 5.95 Å². The zero-order valence-corrected chi connectivity index (χ0v) is 13.9. The Kier molecular flexibility index (Phi) is 5.25. The summed E-state index contributed by atoms with van der Waals surface area (Å²) in [4.78, 5) is 23.1. The second kappa shape index (κ2) is 7.57. The summed E-state index contributed by atoms with van der Waals surface area (Å²) in [6, 6.07) is 5.89. The quantitative estimate of drug-likeness (QED) is 0.922. The lowest BCUT2D eigenvalue weighted by molar-refractivity contribution is 0.0946. The number of halogens is 2. The average molecular weight is 349 g/mol. The standard InChI is InChI=1S/C17H18ClFN4O/c18-13-5-4-6-14(19)15(13)16(24)21-11-12-7-8-20-17(22-12)23-9-2-1-3-10-23/h4-8H,1-3,9-11H2,(H,21,24). The molecule has 1 aliphatic heterocycles. The summed E-state index contributed by atoms with van der Waals surface area (Å²) in [5.74, 6) is -0.529. The molecule has 1 N–H and O–H groups in total. The predicted octanol–water partition coefficient (Wildman–Crippen LogP) is 3.19. The van der Waals surface area contributed by atoms with Gasteiger partial charge in [0.15, 0.2) is 0 Å². The molecule has 1 fully saturated rings. The highest BCUT2D eigenvalue weighted by molar-refractivity contribution is 6.33. The summed E-state index contributed by atoms with van der Waals surface area (Å²) in [7, 11) is 0. The van der Waals surface area contributed by atoms with E-state index in [1.807, 2.05) is 0 Å². The van der Waals surface area contributed by atoms with Gasteiger partial charge < -0.3 is 10.2 Å². The van der Waals surface area contributed by atoms with Gasteiger partial charge >= 0.3 is 0 Å². The third-order valence-electron chi connectivity index (χ3n) is 3.96. The third-order valence-corrected chi connectivity index (χ3v) is 4.27. The van der Waals surface area contributed by atoms with E-state index in [1.54, 1.807) is 12.3 Å². The highest BCUT2D eigenvalue weighted by Gasteiger charge is 2.16. The van der Waals surface area contributed by atoms with Crippen molar-refractivity contribution in [3.63, 3.8) is 0 Å². The minimum Gasteiger partial charge on any atom is -0.346 e. The van der Waals surface area contributed by atoms with Gasteiger partial charge in [0.25, 0.3) is 5.91 Å². The van der Waals surface area contributed by atoms with Gasteiger partial charge in [0, 0.05) is 19.3 Å². The Morgan fingerprint density at radius 2 is 2.04 bits per heavy atom. The number of rotatable bonds is 4. The van der Waals surface area contributed by atoms with Crippen molar-refractivity contribution in [1.82, 2.24) is 15.3 Å². The van der Waals surface area contributed by atoms with Crippen molar-refractivity contribution in [2.75, 3.05) is 18.0 Å². The molecule has 0 aliphatic carbocycles. The molecule has 0 bridgehead atoms. The van der Waals surface area contributed by atoms with E-state index in [-0.39, 0.29) is 17.1 Å². The van der Waals surface area contributed by atoms with Crippen LogP contribution < -0.4 is 10.2 Å². The topological polar surface area (TPSA) is 58.1 Å². The number of hydrogen-bond acceptors (Lipinski definition) is 4. The monoisotopic (exact) mass is 348 g/mol. The van der Waals surface area contributed by atoms with Crippen molar-refractivity contribution in [1.29, 1.82) is 0 Å². The molecule has 0 unspecified atom stereocenters. The van der Waals surface area contributed by atoms with E-state index in [1.165, 1.54) is 24.6 Å². The van der Waals surface area contributed by atoms with Gasteiger partial charge in [-0.15, -0.1) is 0 Å². The van der Waals surface area contributed by atoms with Crippen LogP contribution in [0, 0.1) is 5.82 Å². The van der Waals surface area contributed by atoms with Gasteiger partial charge in [-0.2, -0.15) is 0 Å². The molecule has 1 aliphatic rings. The van der Waals surface area contributed by atoms with Crippen LogP contribution in [0.15, 0.2) is 30.5 Å². The van der Waals surface area contributed by atoms with E-state index in [2.05, 4.69) is 20.2 Å². The summed E-state index contributed by atoms with van der Waals surface area (Å²) in [5, 5.41) is 2.74. The first-order valence-corrected chi connectivity index (χ1v) is 8.32. The molecule has 2 aromatic rings. The summed E-state index contributed by atoms with van der Waals surface area (Å²) < 4.78 is 13.8. The predicted molar refractivity (Wildman–Crippen MR) is 90.7 cm³/mol. The maximum atomic E-state index is 13.8. The number of carbonyl (C=O) groups is 1. The molecule has 1 saturated heterocycles. The van der Waals surface area contributed by atoms with Gasteiger partial charge in [-0.1, -0.05) is 17.7 Å². The molecule has 1 aromatic heterocycles. The van der Waals surface area contributed by atoms with Crippen LogP contribution >= 0.6 is 11.6 Å². The Hall–Kier alpha value is -2.21. The molecule has 5 nitrogen and oxygen atoms in total. The summed E-state index contributed by atoms with van der Waals surface area (Å²) in [5.41, 5.74) is 0.524. The van der Waals surface area contributed by atoms with Crippen LogP contribution in [0.5, 0.6) is 0 Å². The lowest BCUT2D eigenvalue weighted by Gasteiger charge is -2.26. The number of benzene rings is 1. The molecule has 1 amide bonds. The van der Waals surface area contributed by atoms with Crippen molar-refractivity contribution in [2.45, 2.75) is 25.8 Å². The first kappa shape index (κ1) is 16.6. The van der Waals surface area contributed by atoms with E-state index in [9.17, 15) is 9.18 Å². The number of anilines is 1. The fourth-order valence-electron chi connectivity index (χ4n) is 2.70.